The van der Waals surface area contributed by atoms with E-state index < -0.39 is 0 Å². The van der Waals surface area contributed by atoms with Crippen molar-refractivity contribution in [2.75, 3.05) is 18.5 Å². The highest BCUT2D eigenvalue weighted by Crippen LogP contribution is 2.20. The molecule has 1 aromatic carbocycles. The summed E-state index contributed by atoms with van der Waals surface area (Å²) in [5.74, 6) is -0.178. The van der Waals surface area contributed by atoms with E-state index in [1.807, 2.05) is 20.0 Å². The van der Waals surface area contributed by atoms with Gasteiger partial charge in [0.1, 0.15) is 5.82 Å². The van der Waals surface area contributed by atoms with Crippen molar-refractivity contribution in [3.63, 3.8) is 0 Å². The Morgan fingerprint density at radius 2 is 2.11 bits per heavy atom. The van der Waals surface area contributed by atoms with Crippen LogP contribution in [-0.4, -0.2) is 13.6 Å². The van der Waals surface area contributed by atoms with Gasteiger partial charge in [-0.25, -0.2) is 4.39 Å². The van der Waals surface area contributed by atoms with Crippen molar-refractivity contribution in [3.05, 3.63) is 52.0 Å². The van der Waals surface area contributed by atoms with Crippen LogP contribution in [0.4, 0.5) is 10.1 Å². The number of nitrogens with one attached hydrogen (secondary N) is 1. The molecule has 102 valence electrons. The SMILES string of the molecule is CCNCc1cc(F)cc(N(C)Cc2ccsc2)c1. The van der Waals surface area contributed by atoms with E-state index in [0.29, 0.717) is 6.54 Å². The van der Waals surface area contributed by atoms with E-state index >= 15 is 0 Å². The topological polar surface area (TPSA) is 15.3 Å². The Hall–Kier alpha value is -1.39. The van der Waals surface area contributed by atoms with Gasteiger partial charge in [0.05, 0.1) is 0 Å². The zero-order valence-corrected chi connectivity index (χ0v) is 12.1. The Morgan fingerprint density at radius 3 is 2.79 bits per heavy atom. The summed E-state index contributed by atoms with van der Waals surface area (Å²) in [6.07, 6.45) is 0. The van der Waals surface area contributed by atoms with Gasteiger partial charge < -0.3 is 10.2 Å². The molecule has 0 amide bonds. The van der Waals surface area contributed by atoms with E-state index in [1.165, 1.54) is 5.56 Å². The third kappa shape index (κ3) is 4.04. The Kier molecular flexibility index (Phi) is 4.93. The molecule has 2 nitrogen and oxygen atoms in total. The second-order valence-corrected chi connectivity index (χ2v) is 5.37. The molecule has 0 saturated heterocycles. The summed E-state index contributed by atoms with van der Waals surface area (Å²) < 4.78 is 13.6. The molecule has 1 N–H and O–H groups in total. The van der Waals surface area contributed by atoms with Crippen molar-refractivity contribution in [1.29, 1.82) is 0 Å². The number of halogens is 1. The van der Waals surface area contributed by atoms with Crippen molar-refractivity contribution in [2.24, 2.45) is 0 Å². The average Bonchev–Trinajstić information content (AvgIpc) is 2.88. The molecular formula is C15H19FN2S. The van der Waals surface area contributed by atoms with Gasteiger partial charge in [0, 0.05) is 25.8 Å². The summed E-state index contributed by atoms with van der Waals surface area (Å²) in [7, 11) is 1.99. The minimum Gasteiger partial charge on any atom is -0.370 e. The standard InChI is InChI=1S/C15H19FN2S/c1-3-17-9-13-6-14(16)8-15(7-13)18(2)10-12-4-5-19-11-12/h4-8,11,17H,3,9-10H2,1-2H3. The Morgan fingerprint density at radius 1 is 1.26 bits per heavy atom. The van der Waals surface area contributed by atoms with Gasteiger partial charge in [0.25, 0.3) is 0 Å². The van der Waals surface area contributed by atoms with Crippen LogP contribution in [0.1, 0.15) is 18.1 Å². The number of anilines is 1. The van der Waals surface area contributed by atoms with Crippen LogP contribution in [0, 0.1) is 5.82 Å². The van der Waals surface area contributed by atoms with Crippen LogP contribution in [0.2, 0.25) is 0 Å². The Bertz CT molecular complexity index is 511. The summed E-state index contributed by atoms with van der Waals surface area (Å²) in [4.78, 5) is 2.07. The predicted molar refractivity (Wildman–Crippen MR) is 80.2 cm³/mol. The second kappa shape index (κ2) is 6.68. The van der Waals surface area contributed by atoms with E-state index in [0.717, 1.165) is 24.3 Å². The minimum absolute atomic E-state index is 0.178. The Balaban J connectivity index is 2.11. The molecule has 19 heavy (non-hydrogen) atoms. The zero-order valence-electron chi connectivity index (χ0n) is 11.3. The molecule has 4 heteroatoms. The number of hydrogen-bond acceptors (Lipinski definition) is 3. The molecule has 0 aliphatic heterocycles. The van der Waals surface area contributed by atoms with Gasteiger partial charge in [-0.3, -0.25) is 0 Å². The van der Waals surface area contributed by atoms with Crippen molar-refractivity contribution >= 4 is 17.0 Å². The highest BCUT2D eigenvalue weighted by atomic mass is 32.1. The van der Waals surface area contributed by atoms with Crippen LogP contribution < -0.4 is 10.2 Å². The third-order valence-electron chi connectivity index (χ3n) is 2.96. The molecule has 0 saturated carbocycles. The maximum atomic E-state index is 13.6. The molecule has 0 unspecified atom stereocenters. The van der Waals surface area contributed by atoms with Crippen LogP contribution in [0.25, 0.3) is 0 Å². The number of benzene rings is 1. The first-order valence-electron chi connectivity index (χ1n) is 6.41. The van der Waals surface area contributed by atoms with Crippen LogP contribution in [0.5, 0.6) is 0 Å². The third-order valence-corrected chi connectivity index (χ3v) is 3.69. The summed E-state index contributed by atoms with van der Waals surface area (Å²) in [6.45, 7) is 4.43. The smallest absolute Gasteiger partial charge is 0.125 e. The number of hydrogen-bond donors (Lipinski definition) is 1. The van der Waals surface area contributed by atoms with Crippen LogP contribution in [0.3, 0.4) is 0 Å². The van der Waals surface area contributed by atoms with Crippen LogP contribution >= 0.6 is 11.3 Å². The van der Waals surface area contributed by atoms with Gasteiger partial charge >= 0.3 is 0 Å². The lowest BCUT2D eigenvalue weighted by atomic mass is 10.1. The molecule has 0 radical (unpaired) electrons. The highest BCUT2D eigenvalue weighted by molar-refractivity contribution is 7.07. The number of rotatable bonds is 6. The summed E-state index contributed by atoms with van der Waals surface area (Å²) in [5, 5.41) is 7.40. The molecule has 2 aromatic rings. The van der Waals surface area contributed by atoms with Gasteiger partial charge in [-0.2, -0.15) is 11.3 Å². The zero-order chi connectivity index (χ0) is 13.7. The molecule has 1 heterocycles. The fraction of sp³-hybridized carbons (Fsp3) is 0.333. The maximum Gasteiger partial charge on any atom is 0.125 e. The second-order valence-electron chi connectivity index (χ2n) is 4.59. The normalized spacial score (nSPS) is 10.7. The number of nitrogens with zero attached hydrogens (tertiary/aromatic N) is 1. The highest BCUT2D eigenvalue weighted by Gasteiger charge is 2.06. The molecule has 0 bridgehead atoms. The van der Waals surface area contributed by atoms with E-state index in [9.17, 15) is 4.39 Å². The van der Waals surface area contributed by atoms with Gasteiger partial charge in [-0.15, -0.1) is 0 Å². The maximum absolute atomic E-state index is 13.6. The minimum atomic E-state index is -0.178. The fourth-order valence-electron chi connectivity index (χ4n) is 1.97. The monoisotopic (exact) mass is 278 g/mol. The summed E-state index contributed by atoms with van der Waals surface area (Å²) >= 11 is 1.68. The lowest BCUT2D eigenvalue weighted by Crippen LogP contribution is -2.17. The first kappa shape index (κ1) is 14.0. The first-order valence-corrected chi connectivity index (χ1v) is 7.35. The molecule has 0 spiro atoms. The molecule has 0 aliphatic rings. The summed E-state index contributed by atoms with van der Waals surface area (Å²) in [6, 6.07) is 7.31. The largest absolute Gasteiger partial charge is 0.370 e. The molecule has 0 atom stereocenters. The van der Waals surface area contributed by atoms with Crippen LogP contribution in [-0.2, 0) is 13.1 Å². The summed E-state index contributed by atoms with van der Waals surface area (Å²) in [5.41, 5.74) is 3.15. The lowest BCUT2D eigenvalue weighted by molar-refractivity contribution is 0.621. The first-order chi connectivity index (χ1) is 9.19. The van der Waals surface area contributed by atoms with Crippen molar-refractivity contribution in [2.45, 2.75) is 20.0 Å². The van der Waals surface area contributed by atoms with Gasteiger partial charge in [-0.1, -0.05) is 6.92 Å². The van der Waals surface area contributed by atoms with Crippen LogP contribution in [0.15, 0.2) is 35.0 Å². The van der Waals surface area contributed by atoms with Crippen molar-refractivity contribution < 1.29 is 4.39 Å². The number of thiophene rings is 1. The molecule has 0 aliphatic carbocycles. The van der Waals surface area contributed by atoms with E-state index in [-0.39, 0.29) is 5.82 Å². The van der Waals surface area contributed by atoms with Gasteiger partial charge in [-0.05, 0) is 52.7 Å². The van der Waals surface area contributed by atoms with Crippen molar-refractivity contribution in [1.82, 2.24) is 5.32 Å². The van der Waals surface area contributed by atoms with Gasteiger partial charge in [0.15, 0.2) is 0 Å². The lowest BCUT2D eigenvalue weighted by Gasteiger charge is -2.20. The van der Waals surface area contributed by atoms with E-state index in [1.54, 1.807) is 23.5 Å². The average molecular weight is 278 g/mol. The van der Waals surface area contributed by atoms with E-state index in [4.69, 9.17) is 0 Å². The predicted octanol–water partition coefficient (Wildman–Crippen LogP) is 3.63. The van der Waals surface area contributed by atoms with Gasteiger partial charge in [0.2, 0.25) is 0 Å². The molecule has 2 rings (SSSR count). The van der Waals surface area contributed by atoms with Crippen molar-refractivity contribution in [3.8, 4) is 0 Å². The molecule has 0 fully saturated rings. The molecule has 1 aromatic heterocycles. The quantitative estimate of drug-likeness (QED) is 0.868. The van der Waals surface area contributed by atoms with E-state index in [2.05, 4.69) is 27.0 Å². The Labute approximate surface area is 117 Å². The fourth-order valence-corrected chi connectivity index (χ4v) is 2.63. The molecular weight excluding hydrogens is 259 g/mol.